The summed E-state index contributed by atoms with van der Waals surface area (Å²) < 4.78 is 7.16. The SMILES string of the molecule is CNCCCCCCONc1cc(C(=O)NCCCCCC(=O)OCCSCc2ccc(N=Nc3ccccc3)cc2)n(C)c1. The standard InChI is InChI=1S/C34H48N6O4S/c1-35-20-10-3-4-12-22-44-39-31-25-32(40(2)26-31)34(42)36-21-11-6-9-15-33(41)43-23-24-45-27-28-16-18-30(19-17-28)38-37-29-13-7-5-8-14-29/h5,7-8,13-14,16-19,25-26,35,39H,3-4,6,9-12,15,20-24,27H2,1-2H3,(H,36,42). The number of hydrogen-bond acceptors (Lipinski definition) is 9. The number of amides is 1. The van der Waals surface area contributed by atoms with Gasteiger partial charge >= 0.3 is 5.97 Å². The second-order valence-electron chi connectivity index (χ2n) is 10.7. The molecular weight excluding hydrogens is 588 g/mol. The van der Waals surface area contributed by atoms with Gasteiger partial charge in [-0.05, 0) is 75.2 Å². The van der Waals surface area contributed by atoms with Crippen LogP contribution < -0.4 is 16.1 Å². The Bertz CT molecular complexity index is 1280. The van der Waals surface area contributed by atoms with Crippen LogP contribution in [0.4, 0.5) is 17.1 Å². The van der Waals surface area contributed by atoms with Crippen LogP contribution in [0.15, 0.2) is 77.1 Å². The van der Waals surface area contributed by atoms with E-state index in [1.807, 2.05) is 74.9 Å². The number of carbonyl (C=O) groups excluding carboxylic acids is 2. The zero-order valence-corrected chi connectivity index (χ0v) is 27.4. The van der Waals surface area contributed by atoms with Gasteiger partial charge in [0.05, 0.1) is 23.7 Å². The molecule has 0 aliphatic rings. The quantitative estimate of drug-likeness (QED) is 0.0432. The summed E-state index contributed by atoms with van der Waals surface area (Å²) in [5, 5.41) is 14.6. The van der Waals surface area contributed by atoms with Crippen LogP contribution in [-0.4, -0.2) is 55.5 Å². The first-order valence-corrected chi connectivity index (χ1v) is 17.0. The largest absolute Gasteiger partial charge is 0.465 e. The van der Waals surface area contributed by atoms with E-state index in [4.69, 9.17) is 9.57 Å². The van der Waals surface area contributed by atoms with E-state index in [0.717, 1.165) is 67.2 Å². The molecule has 2 aromatic carbocycles. The minimum absolute atomic E-state index is 0.128. The van der Waals surface area contributed by atoms with Crippen molar-refractivity contribution in [3.05, 3.63) is 78.1 Å². The maximum Gasteiger partial charge on any atom is 0.305 e. The molecule has 45 heavy (non-hydrogen) atoms. The molecule has 1 heterocycles. The highest BCUT2D eigenvalue weighted by molar-refractivity contribution is 7.98. The molecule has 0 aliphatic carbocycles. The normalized spacial score (nSPS) is 11.2. The van der Waals surface area contributed by atoms with Gasteiger partial charge in [0.15, 0.2) is 0 Å². The van der Waals surface area contributed by atoms with Crippen molar-refractivity contribution in [2.75, 3.05) is 44.6 Å². The Hall–Kier alpha value is -3.67. The van der Waals surface area contributed by atoms with E-state index >= 15 is 0 Å². The van der Waals surface area contributed by atoms with E-state index in [1.165, 1.54) is 18.4 Å². The molecule has 244 valence electrons. The van der Waals surface area contributed by atoms with Gasteiger partial charge in [-0.25, -0.2) is 0 Å². The predicted octanol–water partition coefficient (Wildman–Crippen LogP) is 7.33. The number of carbonyl (C=O) groups is 2. The Morgan fingerprint density at radius 1 is 0.844 bits per heavy atom. The van der Waals surface area contributed by atoms with Crippen LogP contribution in [0.3, 0.4) is 0 Å². The molecular formula is C34H48N6O4S. The number of ether oxygens (including phenoxy) is 1. The monoisotopic (exact) mass is 636 g/mol. The number of azo groups is 1. The van der Waals surface area contributed by atoms with E-state index < -0.39 is 0 Å². The van der Waals surface area contributed by atoms with Crippen LogP contribution >= 0.6 is 11.8 Å². The lowest BCUT2D eigenvalue weighted by Crippen LogP contribution is -2.26. The fourth-order valence-corrected chi connectivity index (χ4v) is 5.19. The maximum absolute atomic E-state index is 12.6. The van der Waals surface area contributed by atoms with Gasteiger partial charge in [-0.2, -0.15) is 22.0 Å². The van der Waals surface area contributed by atoms with Crippen LogP contribution in [0.25, 0.3) is 0 Å². The van der Waals surface area contributed by atoms with Crippen molar-refractivity contribution >= 4 is 40.7 Å². The highest BCUT2D eigenvalue weighted by Gasteiger charge is 2.11. The van der Waals surface area contributed by atoms with Gasteiger partial charge in [-0.15, -0.1) is 0 Å². The molecule has 0 saturated carbocycles. The Morgan fingerprint density at radius 3 is 2.33 bits per heavy atom. The second-order valence-corrected chi connectivity index (χ2v) is 11.8. The number of thioether (sulfide) groups is 1. The van der Waals surface area contributed by atoms with Gasteiger partial charge in [0.25, 0.3) is 5.91 Å². The van der Waals surface area contributed by atoms with E-state index in [2.05, 4.69) is 26.3 Å². The van der Waals surface area contributed by atoms with Crippen LogP contribution in [-0.2, 0) is 27.2 Å². The van der Waals surface area contributed by atoms with Crippen molar-refractivity contribution in [3.63, 3.8) is 0 Å². The number of aryl methyl sites for hydroxylation is 1. The second kappa shape index (κ2) is 21.9. The molecule has 0 fully saturated rings. The summed E-state index contributed by atoms with van der Waals surface area (Å²) in [5.41, 5.74) is 7.08. The lowest BCUT2D eigenvalue weighted by molar-refractivity contribution is -0.143. The minimum Gasteiger partial charge on any atom is -0.465 e. The highest BCUT2D eigenvalue weighted by atomic mass is 32.2. The highest BCUT2D eigenvalue weighted by Crippen LogP contribution is 2.20. The molecule has 3 rings (SSSR count). The number of nitrogens with zero attached hydrogens (tertiary/aromatic N) is 3. The summed E-state index contributed by atoms with van der Waals surface area (Å²) in [6, 6.07) is 19.4. The Kier molecular flexibility index (Phi) is 17.5. The summed E-state index contributed by atoms with van der Waals surface area (Å²) in [4.78, 5) is 30.2. The average Bonchev–Trinajstić information content (AvgIpc) is 3.43. The van der Waals surface area contributed by atoms with Gasteiger partial charge in [-0.1, -0.05) is 49.6 Å². The number of aromatic nitrogens is 1. The van der Waals surface area contributed by atoms with Crippen molar-refractivity contribution in [2.24, 2.45) is 17.3 Å². The molecule has 1 amide bonds. The molecule has 11 heteroatoms. The number of benzene rings is 2. The van der Waals surface area contributed by atoms with Crippen LogP contribution in [0.5, 0.6) is 0 Å². The number of hydrogen-bond donors (Lipinski definition) is 3. The van der Waals surface area contributed by atoms with Crippen molar-refractivity contribution < 1.29 is 19.2 Å². The van der Waals surface area contributed by atoms with Gasteiger partial charge in [-0.3, -0.25) is 19.9 Å². The van der Waals surface area contributed by atoms with Gasteiger partial charge in [0.2, 0.25) is 0 Å². The molecule has 0 radical (unpaired) electrons. The smallest absolute Gasteiger partial charge is 0.305 e. The van der Waals surface area contributed by atoms with Crippen molar-refractivity contribution in [1.29, 1.82) is 0 Å². The van der Waals surface area contributed by atoms with Crippen molar-refractivity contribution in [3.8, 4) is 0 Å². The molecule has 0 unspecified atom stereocenters. The summed E-state index contributed by atoms with van der Waals surface area (Å²) in [6.45, 7) is 2.63. The fraction of sp³-hybridized carbons (Fsp3) is 0.471. The summed E-state index contributed by atoms with van der Waals surface area (Å²) >= 11 is 1.73. The van der Waals surface area contributed by atoms with E-state index in [9.17, 15) is 9.59 Å². The Balaban J connectivity index is 1.16. The van der Waals surface area contributed by atoms with E-state index in [1.54, 1.807) is 22.4 Å². The molecule has 0 atom stereocenters. The molecule has 3 aromatic rings. The first-order valence-electron chi connectivity index (χ1n) is 15.8. The fourth-order valence-electron chi connectivity index (χ4n) is 4.42. The summed E-state index contributed by atoms with van der Waals surface area (Å²) in [6.07, 6.45) is 9.10. The van der Waals surface area contributed by atoms with Crippen molar-refractivity contribution in [1.82, 2.24) is 15.2 Å². The number of unbranched alkanes of at least 4 members (excludes halogenated alkanes) is 5. The van der Waals surface area contributed by atoms with Gasteiger partial charge in [0.1, 0.15) is 12.3 Å². The Labute approximate surface area is 271 Å². The van der Waals surface area contributed by atoms with Gasteiger partial charge < -0.3 is 19.9 Å². The predicted molar refractivity (Wildman–Crippen MR) is 182 cm³/mol. The average molecular weight is 637 g/mol. The maximum atomic E-state index is 12.6. The molecule has 1 aromatic heterocycles. The van der Waals surface area contributed by atoms with Crippen LogP contribution in [0, 0.1) is 0 Å². The molecule has 10 nitrogen and oxygen atoms in total. The van der Waals surface area contributed by atoms with Crippen LogP contribution in [0.1, 0.15) is 67.4 Å². The molecule has 0 spiro atoms. The molecule has 3 N–H and O–H groups in total. The third-order valence-electron chi connectivity index (χ3n) is 6.93. The van der Waals surface area contributed by atoms with Crippen LogP contribution in [0.2, 0.25) is 0 Å². The molecule has 0 bridgehead atoms. The lowest BCUT2D eigenvalue weighted by Gasteiger charge is -2.07. The number of nitrogens with one attached hydrogen (secondary N) is 3. The minimum atomic E-state index is -0.174. The van der Waals surface area contributed by atoms with Crippen molar-refractivity contribution in [2.45, 2.75) is 57.1 Å². The molecule has 0 saturated heterocycles. The van der Waals surface area contributed by atoms with E-state index in [-0.39, 0.29) is 11.9 Å². The summed E-state index contributed by atoms with van der Waals surface area (Å²) in [7, 11) is 3.81. The zero-order chi connectivity index (χ0) is 32.0. The number of anilines is 1. The molecule has 0 aliphatic heterocycles. The third-order valence-corrected chi connectivity index (χ3v) is 7.92. The van der Waals surface area contributed by atoms with Gasteiger partial charge in [0, 0.05) is 37.7 Å². The Morgan fingerprint density at radius 2 is 1.56 bits per heavy atom. The number of rotatable bonds is 23. The number of esters is 1. The first-order chi connectivity index (χ1) is 22.0. The topological polar surface area (TPSA) is 118 Å². The zero-order valence-electron chi connectivity index (χ0n) is 26.6. The summed E-state index contributed by atoms with van der Waals surface area (Å²) in [5.74, 6) is 1.28. The first kappa shape index (κ1) is 35.8. The third kappa shape index (κ3) is 15.3. The van der Waals surface area contributed by atoms with E-state index in [0.29, 0.717) is 31.9 Å². The lowest BCUT2D eigenvalue weighted by atomic mass is 10.2.